The Morgan fingerprint density at radius 3 is 2.53 bits per heavy atom. The van der Waals surface area contributed by atoms with Gasteiger partial charge in [-0.2, -0.15) is 0 Å². The predicted octanol–water partition coefficient (Wildman–Crippen LogP) is 2.69. The molecule has 1 aromatic heterocycles. The van der Waals surface area contributed by atoms with E-state index < -0.39 is 0 Å². The maximum Gasteiger partial charge on any atom is 0.0825 e. The van der Waals surface area contributed by atoms with E-state index in [1.165, 1.54) is 5.69 Å². The van der Waals surface area contributed by atoms with Gasteiger partial charge in [0.05, 0.1) is 17.9 Å². The van der Waals surface area contributed by atoms with Crippen molar-refractivity contribution in [3.8, 4) is 0 Å². The van der Waals surface area contributed by atoms with Crippen LogP contribution in [0.2, 0.25) is 0 Å². The molecule has 0 spiro atoms. The molecule has 0 radical (unpaired) electrons. The highest BCUT2D eigenvalue weighted by Gasteiger charge is 2.07. The first kappa shape index (κ1) is 11.5. The Bertz CT molecular complexity index is 468. The van der Waals surface area contributed by atoms with E-state index in [4.69, 9.17) is 5.73 Å². The van der Waals surface area contributed by atoms with Gasteiger partial charge in [-0.1, -0.05) is 18.2 Å². The molecule has 3 nitrogen and oxygen atoms in total. The third-order valence-electron chi connectivity index (χ3n) is 2.77. The van der Waals surface area contributed by atoms with Crippen LogP contribution >= 0.6 is 0 Å². The molecule has 1 heterocycles. The molecule has 3 heteroatoms. The minimum Gasteiger partial charge on any atom is -0.397 e. The van der Waals surface area contributed by atoms with Gasteiger partial charge in [-0.15, -0.1) is 0 Å². The lowest BCUT2D eigenvalue weighted by molar-refractivity contribution is 0.812. The number of nitrogens with zero attached hydrogens (tertiary/aromatic N) is 2. The molecule has 1 aromatic carbocycles. The summed E-state index contributed by atoms with van der Waals surface area (Å²) in [6.07, 6.45) is 1.78. The fourth-order valence-electron chi connectivity index (χ4n) is 1.79. The summed E-state index contributed by atoms with van der Waals surface area (Å²) in [4.78, 5) is 6.57. The zero-order chi connectivity index (χ0) is 12.1. The summed E-state index contributed by atoms with van der Waals surface area (Å²) in [5.74, 6) is 0. The van der Waals surface area contributed by atoms with Crippen molar-refractivity contribution in [2.24, 2.45) is 0 Å². The standard InChI is InChI=1S/C14H17N3/c1-2-17(12-7-4-3-5-8-12)11-14-13(15)9-6-10-16-14/h3-10H,2,11,15H2,1H3. The van der Waals surface area contributed by atoms with Crippen molar-refractivity contribution in [1.29, 1.82) is 0 Å². The zero-order valence-electron chi connectivity index (χ0n) is 10.0. The van der Waals surface area contributed by atoms with Crippen molar-refractivity contribution in [1.82, 2.24) is 4.98 Å². The second-order valence-electron chi connectivity index (χ2n) is 3.89. The van der Waals surface area contributed by atoms with Gasteiger partial charge in [0.1, 0.15) is 0 Å². The molecule has 0 aliphatic heterocycles. The highest BCUT2D eigenvalue weighted by Crippen LogP contribution is 2.17. The van der Waals surface area contributed by atoms with Gasteiger partial charge in [0.25, 0.3) is 0 Å². The maximum absolute atomic E-state index is 5.91. The number of rotatable bonds is 4. The molecule has 2 N–H and O–H groups in total. The van der Waals surface area contributed by atoms with E-state index in [0.717, 1.165) is 24.5 Å². The van der Waals surface area contributed by atoms with Gasteiger partial charge in [-0.05, 0) is 31.2 Å². The molecule has 0 bridgehead atoms. The number of nitrogen functional groups attached to an aromatic ring is 1. The molecule has 0 saturated heterocycles. The van der Waals surface area contributed by atoms with Gasteiger partial charge in [0.2, 0.25) is 0 Å². The van der Waals surface area contributed by atoms with Crippen molar-refractivity contribution >= 4 is 11.4 Å². The van der Waals surface area contributed by atoms with E-state index in [9.17, 15) is 0 Å². The Labute approximate surface area is 102 Å². The molecule has 88 valence electrons. The third-order valence-corrected chi connectivity index (χ3v) is 2.77. The van der Waals surface area contributed by atoms with Gasteiger partial charge in [0.15, 0.2) is 0 Å². The molecule has 0 amide bonds. The van der Waals surface area contributed by atoms with Crippen LogP contribution < -0.4 is 10.6 Å². The first-order valence-corrected chi connectivity index (χ1v) is 5.80. The average molecular weight is 227 g/mol. The molecular weight excluding hydrogens is 210 g/mol. The smallest absolute Gasteiger partial charge is 0.0825 e. The molecule has 0 aliphatic carbocycles. The second kappa shape index (κ2) is 5.34. The van der Waals surface area contributed by atoms with Crippen LogP contribution in [0.15, 0.2) is 48.7 Å². The van der Waals surface area contributed by atoms with E-state index in [1.807, 2.05) is 30.3 Å². The Hall–Kier alpha value is -2.03. The summed E-state index contributed by atoms with van der Waals surface area (Å²) in [5.41, 5.74) is 8.79. The number of pyridine rings is 1. The lowest BCUT2D eigenvalue weighted by Gasteiger charge is -2.23. The van der Waals surface area contributed by atoms with Crippen LogP contribution in [0.4, 0.5) is 11.4 Å². The Balaban J connectivity index is 2.19. The number of para-hydroxylation sites is 1. The number of anilines is 2. The van der Waals surface area contributed by atoms with Crippen molar-refractivity contribution in [3.63, 3.8) is 0 Å². The zero-order valence-corrected chi connectivity index (χ0v) is 10.0. The predicted molar refractivity (Wildman–Crippen MR) is 71.8 cm³/mol. The number of hydrogen-bond acceptors (Lipinski definition) is 3. The Morgan fingerprint density at radius 1 is 1.12 bits per heavy atom. The van der Waals surface area contributed by atoms with Crippen LogP contribution in [0, 0.1) is 0 Å². The Morgan fingerprint density at radius 2 is 1.88 bits per heavy atom. The van der Waals surface area contributed by atoms with Gasteiger partial charge >= 0.3 is 0 Å². The molecule has 0 unspecified atom stereocenters. The summed E-state index contributed by atoms with van der Waals surface area (Å²) in [7, 11) is 0. The summed E-state index contributed by atoms with van der Waals surface area (Å²) in [6, 6.07) is 14.1. The summed E-state index contributed by atoms with van der Waals surface area (Å²) < 4.78 is 0. The minimum atomic E-state index is 0.743. The van der Waals surface area contributed by atoms with Gasteiger partial charge < -0.3 is 10.6 Å². The van der Waals surface area contributed by atoms with Gasteiger partial charge in [0, 0.05) is 18.4 Å². The fraction of sp³-hybridized carbons (Fsp3) is 0.214. The van der Waals surface area contributed by atoms with Crippen LogP contribution in [0.25, 0.3) is 0 Å². The summed E-state index contributed by atoms with van der Waals surface area (Å²) in [5, 5.41) is 0. The maximum atomic E-state index is 5.91. The number of benzene rings is 1. The van der Waals surface area contributed by atoms with Gasteiger partial charge in [-0.25, -0.2) is 0 Å². The third kappa shape index (κ3) is 2.75. The van der Waals surface area contributed by atoms with Crippen LogP contribution in [0.3, 0.4) is 0 Å². The number of hydrogen-bond donors (Lipinski definition) is 1. The van der Waals surface area contributed by atoms with Crippen molar-refractivity contribution < 1.29 is 0 Å². The molecule has 0 aliphatic rings. The molecule has 2 rings (SSSR count). The Kier molecular flexibility index (Phi) is 3.60. The molecule has 0 fully saturated rings. The lowest BCUT2D eigenvalue weighted by Crippen LogP contribution is -2.23. The summed E-state index contributed by atoms with van der Waals surface area (Å²) >= 11 is 0. The topological polar surface area (TPSA) is 42.2 Å². The normalized spacial score (nSPS) is 10.2. The SMILES string of the molecule is CCN(Cc1ncccc1N)c1ccccc1. The quantitative estimate of drug-likeness (QED) is 0.873. The van der Waals surface area contributed by atoms with Crippen molar-refractivity contribution in [2.75, 3.05) is 17.2 Å². The molecule has 0 saturated carbocycles. The number of aromatic nitrogens is 1. The van der Waals surface area contributed by atoms with Crippen LogP contribution in [0.1, 0.15) is 12.6 Å². The first-order chi connectivity index (χ1) is 8.31. The summed E-state index contributed by atoms with van der Waals surface area (Å²) in [6.45, 7) is 3.80. The van der Waals surface area contributed by atoms with Crippen LogP contribution in [-0.2, 0) is 6.54 Å². The number of nitrogens with two attached hydrogens (primary N) is 1. The lowest BCUT2D eigenvalue weighted by atomic mass is 10.2. The average Bonchev–Trinajstić information content (AvgIpc) is 2.39. The van der Waals surface area contributed by atoms with E-state index >= 15 is 0 Å². The highest BCUT2D eigenvalue weighted by atomic mass is 15.1. The van der Waals surface area contributed by atoms with Crippen molar-refractivity contribution in [3.05, 3.63) is 54.4 Å². The van der Waals surface area contributed by atoms with Crippen LogP contribution in [0.5, 0.6) is 0 Å². The van der Waals surface area contributed by atoms with E-state index in [1.54, 1.807) is 6.20 Å². The van der Waals surface area contributed by atoms with Crippen LogP contribution in [-0.4, -0.2) is 11.5 Å². The van der Waals surface area contributed by atoms with E-state index in [0.29, 0.717) is 0 Å². The second-order valence-corrected chi connectivity index (χ2v) is 3.89. The van der Waals surface area contributed by atoms with Gasteiger partial charge in [-0.3, -0.25) is 4.98 Å². The van der Waals surface area contributed by atoms with E-state index in [-0.39, 0.29) is 0 Å². The largest absolute Gasteiger partial charge is 0.397 e. The fourth-order valence-corrected chi connectivity index (χ4v) is 1.79. The monoisotopic (exact) mass is 227 g/mol. The minimum absolute atomic E-state index is 0.743. The van der Waals surface area contributed by atoms with Crippen molar-refractivity contribution in [2.45, 2.75) is 13.5 Å². The molecule has 17 heavy (non-hydrogen) atoms. The molecule has 2 aromatic rings. The molecular formula is C14H17N3. The van der Waals surface area contributed by atoms with E-state index in [2.05, 4.69) is 28.9 Å². The first-order valence-electron chi connectivity index (χ1n) is 5.80. The highest BCUT2D eigenvalue weighted by molar-refractivity contribution is 5.49. The molecule has 0 atom stereocenters.